The largest absolute Gasteiger partial charge is 0.495 e. The molecule has 0 saturated carbocycles. The van der Waals surface area contributed by atoms with Crippen LogP contribution in [0.4, 0.5) is 0 Å². The average Bonchev–Trinajstić information content (AvgIpc) is 2.38. The molecule has 1 rings (SSSR count). The molecule has 0 fully saturated rings. The molecule has 0 amide bonds. The molecule has 17 heavy (non-hydrogen) atoms. The molecule has 0 N–H and O–H groups in total. The normalized spacial score (nSPS) is 10.7. The SMILES string of the molecule is COc1cc(OP(=S)(OC)OC)ccc1C#N. The van der Waals surface area contributed by atoms with Crippen LogP contribution in [0.25, 0.3) is 0 Å². The minimum absolute atomic E-state index is 0.416. The molecule has 92 valence electrons. The molecule has 0 bridgehead atoms. The summed E-state index contributed by atoms with van der Waals surface area (Å²) in [4.78, 5) is 0. The number of rotatable bonds is 5. The lowest BCUT2D eigenvalue weighted by atomic mass is 10.2. The zero-order valence-electron chi connectivity index (χ0n) is 9.67. The van der Waals surface area contributed by atoms with Crippen molar-refractivity contribution in [1.29, 1.82) is 5.26 Å². The molecule has 7 heteroatoms. The fraction of sp³-hybridized carbons (Fsp3) is 0.300. The minimum atomic E-state index is -2.76. The first kappa shape index (κ1) is 13.9. The Labute approximate surface area is 105 Å². The number of hydrogen-bond acceptors (Lipinski definition) is 6. The molecule has 0 heterocycles. The summed E-state index contributed by atoms with van der Waals surface area (Å²) in [6.45, 7) is -2.76. The number of ether oxygens (including phenoxy) is 1. The summed E-state index contributed by atoms with van der Waals surface area (Å²) >= 11 is 5.07. The van der Waals surface area contributed by atoms with Crippen molar-refractivity contribution in [2.75, 3.05) is 21.3 Å². The molecule has 1 aromatic carbocycles. The van der Waals surface area contributed by atoms with Crippen molar-refractivity contribution >= 4 is 18.5 Å². The van der Waals surface area contributed by atoms with Gasteiger partial charge < -0.3 is 18.3 Å². The van der Waals surface area contributed by atoms with Gasteiger partial charge in [0, 0.05) is 32.1 Å². The highest BCUT2D eigenvalue weighted by Gasteiger charge is 2.19. The summed E-state index contributed by atoms with van der Waals surface area (Å²) in [5.41, 5.74) is 0.419. The number of methoxy groups -OCH3 is 1. The molecule has 5 nitrogen and oxygen atoms in total. The molecule has 0 aromatic heterocycles. The van der Waals surface area contributed by atoms with Crippen LogP contribution in [0.3, 0.4) is 0 Å². The maximum absolute atomic E-state index is 8.83. The molecule has 1 aromatic rings. The summed E-state index contributed by atoms with van der Waals surface area (Å²) in [7, 11) is 4.32. The van der Waals surface area contributed by atoms with E-state index in [4.69, 9.17) is 35.4 Å². The molecule has 0 radical (unpaired) electrons. The molecule has 0 aliphatic heterocycles. The van der Waals surface area contributed by atoms with Crippen LogP contribution in [-0.4, -0.2) is 21.3 Å². The number of hydrogen-bond donors (Lipinski definition) is 0. The van der Waals surface area contributed by atoms with Crippen LogP contribution in [0.5, 0.6) is 11.5 Å². The second-order valence-electron chi connectivity index (χ2n) is 2.88. The van der Waals surface area contributed by atoms with Gasteiger partial charge in [0.05, 0.1) is 12.7 Å². The standard InChI is InChI=1S/C10H12NO4PS/c1-12-10-6-9(5-4-8(10)7-11)15-16(17,13-2)14-3/h4-6H,1-3H3. The molecule has 0 spiro atoms. The molecule has 0 unspecified atom stereocenters. The summed E-state index contributed by atoms with van der Waals surface area (Å²) in [5.74, 6) is 0.853. The average molecular weight is 273 g/mol. The first-order valence-corrected chi connectivity index (χ1v) is 7.13. The van der Waals surface area contributed by atoms with E-state index in [0.29, 0.717) is 17.1 Å². The van der Waals surface area contributed by atoms with E-state index < -0.39 is 6.72 Å². The summed E-state index contributed by atoms with van der Waals surface area (Å²) < 4.78 is 20.5. The van der Waals surface area contributed by atoms with E-state index in [9.17, 15) is 0 Å². The number of benzene rings is 1. The van der Waals surface area contributed by atoms with E-state index in [0.717, 1.165) is 0 Å². The van der Waals surface area contributed by atoms with Gasteiger partial charge in [-0.2, -0.15) is 5.26 Å². The Kier molecular flexibility index (Phi) is 4.91. The summed E-state index contributed by atoms with van der Waals surface area (Å²) in [5, 5.41) is 8.83. The lowest BCUT2D eigenvalue weighted by Gasteiger charge is -2.18. The molecule has 0 atom stereocenters. The van der Waals surface area contributed by atoms with Crippen molar-refractivity contribution in [3.63, 3.8) is 0 Å². The van der Waals surface area contributed by atoms with Crippen molar-refractivity contribution < 1.29 is 18.3 Å². The van der Waals surface area contributed by atoms with Crippen molar-refractivity contribution in [2.24, 2.45) is 0 Å². The van der Waals surface area contributed by atoms with Crippen LogP contribution in [-0.2, 0) is 20.9 Å². The molecule has 0 saturated heterocycles. The number of nitrogens with zero attached hydrogens (tertiary/aromatic N) is 1. The van der Waals surface area contributed by atoms with Gasteiger partial charge in [0.1, 0.15) is 17.6 Å². The Morgan fingerprint density at radius 3 is 2.35 bits per heavy atom. The van der Waals surface area contributed by atoms with E-state index >= 15 is 0 Å². The monoisotopic (exact) mass is 273 g/mol. The zero-order valence-corrected chi connectivity index (χ0v) is 11.4. The Balaban J connectivity index is 3.02. The van der Waals surface area contributed by atoms with Gasteiger partial charge in [-0.1, -0.05) is 0 Å². The highest BCUT2D eigenvalue weighted by atomic mass is 32.5. The smallest absolute Gasteiger partial charge is 0.380 e. The van der Waals surface area contributed by atoms with Crippen LogP contribution < -0.4 is 9.26 Å². The minimum Gasteiger partial charge on any atom is -0.495 e. The van der Waals surface area contributed by atoms with Crippen LogP contribution in [0.2, 0.25) is 0 Å². The van der Waals surface area contributed by atoms with Crippen molar-refractivity contribution in [2.45, 2.75) is 0 Å². The van der Waals surface area contributed by atoms with Crippen LogP contribution in [0, 0.1) is 11.3 Å². The Hall–Kier alpha value is -1.12. The summed E-state index contributed by atoms with van der Waals surface area (Å²) in [6, 6.07) is 6.77. The zero-order chi connectivity index (χ0) is 12.9. The highest BCUT2D eigenvalue weighted by molar-refractivity contribution is 8.07. The molecule has 0 aliphatic rings. The molecular weight excluding hydrogens is 261 g/mol. The Morgan fingerprint density at radius 2 is 1.88 bits per heavy atom. The fourth-order valence-corrected chi connectivity index (χ4v) is 2.03. The van der Waals surface area contributed by atoms with Gasteiger partial charge in [0.2, 0.25) is 0 Å². The van der Waals surface area contributed by atoms with Gasteiger partial charge in [-0.25, -0.2) is 0 Å². The van der Waals surface area contributed by atoms with E-state index in [1.165, 1.54) is 21.3 Å². The third-order valence-electron chi connectivity index (χ3n) is 1.96. The lowest BCUT2D eigenvalue weighted by molar-refractivity contribution is 0.273. The predicted molar refractivity (Wildman–Crippen MR) is 66.6 cm³/mol. The van der Waals surface area contributed by atoms with E-state index in [-0.39, 0.29) is 0 Å². The van der Waals surface area contributed by atoms with Crippen molar-refractivity contribution in [1.82, 2.24) is 0 Å². The van der Waals surface area contributed by atoms with Gasteiger partial charge in [-0.05, 0) is 12.1 Å². The van der Waals surface area contributed by atoms with Gasteiger partial charge in [-0.15, -0.1) is 0 Å². The highest BCUT2D eigenvalue weighted by Crippen LogP contribution is 2.48. The van der Waals surface area contributed by atoms with Gasteiger partial charge in [0.25, 0.3) is 0 Å². The second kappa shape index (κ2) is 5.99. The van der Waals surface area contributed by atoms with Crippen molar-refractivity contribution in [3.8, 4) is 17.6 Å². The van der Waals surface area contributed by atoms with Crippen LogP contribution in [0.15, 0.2) is 18.2 Å². The second-order valence-corrected chi connectivity index (χ2v) is 6.03. The van der Waals surface area contributed by atoms with E-state index in [2.05, 4.69) is 0 Å². The van der Waals surface area contributed by atoms with Crippen LogP contribution >= 0.6 is 6.72 Å². The van der Waals surface area contributed by atoms with E-state index in [1.807, 2.05) is 6.07 Å². The molecule has 0 aliphatic carbocycles. The third-order valence-corrected chi connectivity index (χ3v) is 4.40. The van der Waals surface area contributed by atoms with Gasteiger partial charge in [-0.3, -0.25) is 0 Å². The maximum Gasteiger partial charge on any atom is 0.380 e. The first-order valence-electron chi connectivity index (χ1n) is 4.57. The van der Waals surface area contributed by atoms with E-state index in [1.54, 1.807) is 18.2 Å². The van der Waals surface area contributed by atoms with Gasteiger partial charge >= 0.3 is 6.72 Å². The predicted octanol–water partition coefficient (Wildman–Crippen LogP) is 2.46. The fourth-order valence-electron chi connectivity index (χ4n) is 1.10. The third kappa shape index (κ3) is 3.42. The molecular formula is C10H12NO4PS. The van der Waals surface area contributed by atoms with Crippen LogP contribution in [0.1, 0.15) is 5.56 Å². The first-order chi connectivity index (χ1) is 8.08. The quantitative estimate of drug-likeness (QED) is 0.768. The lowest BCUT2D eigenvalue weighted by Crippen LogP contribution is -1.97. The van der Waals surface area contributed by atoms with Crippen molar-refractivity contribution in [3.05, 3.63) is 23.8 Å². The maximum atomic E-state index is 8.83. The number of nitriles is 1. The Morgan fingerprint density at radius 1 is 1.24 bits per heavy atom. The summed E-state index contributed by atoms with van der Waals surface area (Å²) in [6.07, 6.45) is 0. The van der Waals surface area contributed by atoms with Gasteiger partial charge in [0.15, 0.2) is 0 Å². The topological polar surface area (TPSA) is 60.7 Å². The Bertz CT molecular complexity index is 478.